The van der Waals surface area contributed by atoms with Crippen molar-refractivity contribution in [1.29, 1.82) is 0 Å². The van der Waals surface area contributed by atoms with Crippen molar-refractivity contribution in [3.05, 3.63) is 48.2 Å². The van der Waals surface area contributed by atoms with Crippen LogP contribution in [0.1, 0.15) is 59.3 Å². The normalized spacial score (nSPS) is 17.9. The summed E-state index contributed by atoms with van der Waals surface area (Å²) in [6.45, 7) is 14.8. The van der Waals surface area contributed by atoms with Crippen molar-refractivity contribution in [2.75, 3.05) is 21.1 Å². The van der Waals surface area contributed by atoms with Crippen LogP contribution in [-0.2, 0) is 4.74 Å². The molecular formula is C23H38N2O. The molecule has 0 unspecified atom stereocenters. The molecule has 0 bridgehead atoms. The molecule has 0 radical (unpaired) electrons. The second-order valence-electron chi connectivity index (χ2n) is 7.86. The van der Waals surface area contributed by atoms with Crippen molar-refractivity contribution in [2.45, 2.75) is 65.4 Å². The van der Waals surface area contributed by atoms with E-state index in [9.17, 15) is 0 Å². The highest BCUT2D eigenvalue weighted by atomic mass is 16.5. The minimum absolute atomic E-state index is 0.294. The Morgan fingerprint density at radius 3 is 2.15 bits per heavy atom. The molecule has 0 atom stereocenters. The van der Waals surface area contributed by atoms with Crippen molar-refractivity contribution in [3.8, 4) is 0 Å². The quantitative estimate of drug-likeness (QED) is 0.275. The lowest BCUT2D eigenvalue weighted by Gasteiger charge is -2.47. The van der Waals surface area contributed by atoms with Gasteiger partial charge in [-0.3, -0.25) is 4.99 Å². The van der Waals surface area contributed by atoms with Gasteiger partial charge in [-0.15, -0.1) is 0 Å². The van der Waals surface area contributed by atoms with Crippen LogP contribution in [0.5, 0.6) is 0 Å². The highest BCUT2D eigenvalue weighted by Crippen LogP contribution is 2.49. The minimum atomic E-state index is 0.294. The van der Waals surface area contributed by atoms with Crippen LogP contribution in [0.4, 0.5) is 0 Å². The van der Waals surface area contributed by atoms with E-state index < -0.39 is 0 Å². The summed E-state index contributed by atoms with van der Waals surface area (Å²) in [6, 6.07) is 0. The molecule has 3 nitrogen and oxygen atoms in total. The van der Waals surface area contributed by atoms with Crippen LogP contribution in [0.25, 0.3) is 0 Å². The van der Waals surface area contributed by atoms with Gasteiger partial charge in [0.1, 0.15) is 6.10 Å². The van der Waals surface area contributed by atoms with Crippen LogP contribution in [0.3, 0.4) is 0 Å². The minimum Gasteiger partial charge on any atom is -0.475 e. The maximum atomic E-state index is 6.13. The van der Waals surface area contributed by atoms with E-state index in [0.717, 1.165) is 29.6 Å². The van der Waals surface area contributed by atoms with Gasteiger partial charge in [-0.1, -0.05) is 39.8 Å². The lowest BCUT2D eigenvalue weighted by atomic mass is 9.62. The van der Waals surface area contributed by atoms with Gasteiger partial charge in [0.25, 0.3) is 0 Å². The average Bonchev–Trinajstić information content (AvgIpc) is 2.54. The van der Waals surface area contributed by atoms with Gasteiger partial charge in [-0.2, -0.15) is 0 Å². The summed E-state index contributed by atoms with van der Waals surface area (Å²) in [7, 11) is 5.77. The largest absolute Gasteiger partial charge is 0.475 e. The number of aliphatic imine (C=N–C) groups is 1. The van der Waals surface area contributed by atoms with Crippen LogP contribution < -0.4 is 0 Å². The van der Waals surface area contributed by atoms with Gasteiger partial charge in [-0.25, -0.2) is 0 Å². The van der Waals surface area contributed by atoms with Crippen LogP contribution in [-0.4, -0.2) is 38.0 Å². The fourth-order valence-electron chi connectivity index (χ4n) is 3.91. The van der Waals surface area contributed by atoms with Crippen molar-refractivity contribution in [3.63, 3.8) is 0 Å². The Hall–Kier alpha value is -1.77. The molecule has 0 aromatic rings. The maximum absolute atomic E-state index is 6.13. The van der Waals surface area contributed by atoms with Gasteiger partial charge < -0.3 is 9.64 Å². The number of allylic oxidation sites excluding steroid dienone is 4. The van der Waals surface area contributed by atoms with Crippen LogP contribution in [0.15, 0.2) is 53.2 Å². The predicted octanol–water partition coefficient (Wildman–Crippen LogP) is 5.91. The van der Waals surface area contributed by atoms with E-state index in [-0.39, 0.29) is 0 Å². The topological polar surface area (TPSA) is 24.8 Å². The fourth-order valence-corrected chi connectivity index (χ4v) is 3.91. The summed E-state index contributed by atoms with van der Waals surface area (Å²) in [6.07, 6.45) is 13.7. The van der Waals surface area contributed by atoms with Gasteiger partial charge >= 0.3 is 0 Å². The first kappa shape index (κ1) is 22.3. The molecule has 146 valence electrons. The number of nitrogens with zero attached hydrogens (tertiary/aromatic N) is 2. The van der Waals surface area contributed by atoms with Gasteiger partial charge in [0.2, 0.25) is 5.90 Å². The first-order valence-electron chi connectivity index (χ1n) is 9.81. The van der Waals surface area contributed by atoms with Crippen LogP contribution in [0.2, 0.25) is 0 Å². The third-order valence-corrected chi connectivity index (χ3v) is 5.01. The molecule has 0 aliphatic heterocycles. The Kier molecular flexibility index (Phi) is 8.91. The van der Waals surface area contributed by atoms with Crippen molar-refractivity contribution in [1.82, 2.24) is 4.90 Å². The second-order valence-corrected chi connectivity index (χ2v) is 7.86. The second kappa shape index (κ2) is 10.4. The molecule has 0 aromatic carbocycles. The molecule has 0 aromatic heterocycles. The number of hydrogen-bond donors (Lipinski definition) is 0. The monoisotopic (exact) mass is 358 g/mol. The van der Waals surface area contributed by atoms with E-state index in [1.165, 1.54) is 25.7 Å². The molecule has 0 heterocycles. The zero-order valence-corrected chi connectivity index (χ0v) is 17.8. The number of ether oxygens (including phenoxy) is 1. The molecule has 1 fully saturated rings. The van der Waals surface area contributed by atoms with E-state index in [1.807, 2.05) is 44.3 Å². The van der Waals surface area contributed by atoms with E-state index in [4.69, 9.17) is 4.74 Å². The van der Waals surface area contributed by atoms with Crippen LogP contribution in [0, 0.1) is 5.41 Å². The molecule has 0 amide bonds. The van der Waals surface area contributed by atoms with Gasteiger partial charge in [0, 0.05) is 33.4 Å². The van der Waals surface area contributed by atoms with E-state index in [1.54, 1.807) is 7.05 Å². The van der Waals surface area contributed by atoms with E-state index in [2.05, 4.69) is 32.0 Å². The first-order chi connectivity index (χ1) is 12.3. The summed E-state index contributed by atoms with van der Waals surface area (Å²) in [4.78, 5) is 6.30. The van der Waals surface area contributed by atoms with Crippen molar-refractivity contribution >= 4 is 5.90 Å². The maximum Gasteiger partial charge on any atom is 0.208 e. The predicted molar refractivity (Wildman–Crippen MR) is 115 cm³/mol. The molecule has 1 rings (SSSR count). The standard InChI is InChI=1S/C23H38N2O/c1-9-13-23(14-10-2)15-20(16-23)26-22(24-6)12-11-19(5)21(18(3)4)17-25(7)8/h11-12,17,20H,3,5,9-10,13-16H2,1-2,4,6-8H3/b12-11-,21-17+,24-22?. The molecule has 1 aliphatic carbocycles. The Balaban J connectivity index is 2.67. The fraction of sp³-hybridized carbons (Fsp3) is 0.609. The summed E-state index contributed by atoms with van der Waals surface area (Å²) in [5.74, 6) is 0.684. The number of hydrogen-bond acceptors (Lipinski definition) is 3. The lowest BCUT2D eigenvalue weighted by Crippen LogP contribution is -2.43. The SMILES string of the molecule is C=C(C)/C(=C\N(C)C)C(=C)/C=C\C(=NC)OC1CC(CCC)(CCC)C1. The summed E-state index contributed by atoms with van der Waals surface area (Å²) < 4.78 is 6.13. The highest BCUT2D eigenvalue weighted by molar-refractivity contribution is 5.88. The Morgan fingerprint density at radius 1 is 1.15 bits per heavy atom. The van der Waals surface area contributed by atoms with Gasteiger partial charge in [0.15, 0.2) is 0 Å². The third kappa shape index (κ3) is 6.51. The average molecular weight is 359 g/mol. The Bertz CT molecular complexity index is 567. The highest BCUT2D eigenvalue weighted by Gasteiger charge is 2.44. The molecule has 3 heteroatoms. The van der Waals surface area contributed by atoms with Gasteiger partial charge in [-0.05, 0) is 60.8 Å². The summed E-state index contributed by atoms with van der Waals surface area (Å²) in [5.41, 5.74) is 3.44. The van der Waals surface area contributed by atoms with E-state index >= 15 is 0 Å². The molecule has 0 N–H and O–H groups in total. The summed E-state index contributed by atoms with van der Waals surface area (Å²) in [5, 5.41) is 0. The smallest absolute Gasteiger partial charge is 0.208 e. The third-order valence-electron chi connectivity index (χ3n) is 5.01. The zero-order chi connectivity index (χ0) is 19.7. The van der Waals surface area contributed by atoms with Crippen molar-refractivity contribution < 1.29 is 4.74 Å². The lowest BCUT2D eigenvalue weighted by molar-refractivity contribution is -0.0342. The number of rotatable bonds is 10. The van der Waals surface area contributed by atoms with Crippen molar-refractivity contribution in [2.24, 2.45) is 10.4 Å². The molecule has 0 saturated heterocycles. The first-order valence-corrected chi connectivity index (χ1v) is 9.81. The molecule has 1 saturated carbocycles. The molecular weight excluding hydrogens is 320 g/mol. The van der Waals surface area contributed by atoms with Gasteiger partial charge in [0.05, 0.1) is 0 Å². The summed E-state index contributed by atoms with van der Waals surface area (Å²) >= 11 is 0. The van der Waals surface area contributed by atoms with E-state index in [0.29, 0.717) is 17.4 Å². The molecule has 1 aliphatic rings. The van der Waals surface area contributed by atoms with Crippen LogP contribution >= 0.6 is 0 Å². The Labute approximate surface area is 161 Å². The zero-order valence-electron chi connectivity index (χ0n) is 17.8. The Morgan fingerprint density at radius 2 is 1.73 bits per heavy atom. The molecule has 0 spiro atoms. The molecule has 26 heavy (non-hydrogen) atoms.